The first-order valence-electron chi connectivity index (χ1n) is 7.49. The van der Waals surface area contributed by atoms with Gasteiger partial charge in [-0.05, 0) is 36.2 Å². The number of nitrogens with zero attached hydrogens (tertiary/aromatic N) is 1. The van der Waals surface area contributed by atoms with E-state index in [1.165, 1.54) is 0 Å². The van der Waals surface area contributed by atoms with Gasteiger partial charge in [-0.3, -0.25) is 9.59 Å². The molecule has 0 unspecified atom stereocenters. The smallest absolute Gasteiger partial charge is 0.258 e. The van der Waals surface area contributed by atoms with E-state index in [1.54, 1.807) is 18.3 Å². The Hall–Kier alpha value is -2.47. The fraction of sp³-hybridized carbons (Fsp3) is 0.235. The molecule has 3 rings (SSSR count). The van der Waals surface area contributed by atoms with Crippen LogP contribution in [0.3, 0.4) is 0 Å². The van der Waals surface area contributed by atoms with Crippen molar-refractivity contribution in [2.45, 2.75) is 19.4 Å². The van der Waals surface area contributed by atoms with E-state index in [-0.39, 0.29) is 11.8 Å². The summed E-state index contributed by atoms with van der Waals surface area (Å²) < 4.78 is 0.406. The molecular formula is C17H17N3O2S. The third kappa shape index (κ3) is 3.65. The number of carbonyl (C=O) groups excluding carboxylic acids is 2. The molecule has 0 radical (unpaired) electrons. The lowest BCUT2D eigenvalue weighted by Crippen LogP contribution is -2.23. The Balaban J connectivity index is 1.72. The van der Waals surface area contributed by atoms with Gasteiger partial charge in [0.25, 0.3) is 5.91 Å². The minimum absolute atomic E-state index is 0.190. The van der Waals surface area contributed by atoms with Gasteiger partial charge in [-0.25, -0.2) is 0 Å². The molecule has 2 amide bonds. The number of H-pyrrole nitrogens is 1. The summed E-state index contributed by atoms with van der Waals surface area (Å²) in [6.45, 7) is 1.38. The molecule has 1 aliphatic heterocycles. The zero-order valence-electron chi connectivity index (χ0n) is 12.5. The number of aromatic amines is 1. The molecule has 0 spiro atoms. The fourth-order valence-corrected chi connectivity index (χ4v) is 2.87. The summed E-state index contributed by atoms with van der Waals surface area (Å²) in [5.41, 5.74) is 2.12. The molecule has 1 saturated heterocycles. The molecule has 0 atom stereocenters. The third-order valence-corrected chi connectivity index (χ3v) is 4.13. The van der Waals surface area contributed by atoms with Crippen molar-refractivity contribution in [2.75, 3.05) is 11.9 Å². The van der Waals surface area contributed by atoms with Crippen LogP contribution in [0, 0.1) is 4.64 Å². The average molecular weight is 327 g/mol. The van der Waals surface area contributed by atoms with Crippen LogP contribution in [-0.2, 0) is 11.3 Å². The molecule has 2 N–H and O–H groups in total. The van der Waals surface area contributed by atoms with Gasteiger partial charge in [-0.1, -0.05) is 24.4 Å². The zero-order valence-corrected chi connectivity index (χ0v) is 13.4. The predicted octanol–water partition coefficient (Wildman–Crippen LogP) is 3.12. The van der Waals surface area contributed by atoms with Crippen LogP contribution in [-0.4, -0.2) is 28.2 Å². The fourth-order valence-electron chi connectivity index (χ4n) is 2.64. The normalized spacial score (nSPS) is 14.1. The Morgan fingerprint density at radius 2 is 2.17 bits per heavy atom. The van der Waals surface area contributed by atoms with E-state index in [0.29, 0.717) is 28.9 Å². The summed E-state index contributed by atoms with van der Waals surface area (Å²) in [4.78, 5) is 28.7. The summed E-state index contributed by atoms with van der Waals surface area (Å²) in [7, 11) is 0. The average Bonchev–Trinajstić information content (AvgIpc) is 2.93. The van der Waals surface area contributed by atoms with E-state index in [1.807, 2.05) is 29.2 Å². The number of rotatable bonds is 4. The molecule has 2 aromatic rings. The van der Waals surface area contributed by atoms with E-state index in [2.05, 4.69) is 10.3 Å². The maximum Gasteiger partial charge on any atom is 0.258 e. The van der Waals surface area contributed by atoms with Crippen molar-refractivity contribution < 1.29 is 9.59 Å². The largest absolute Gasteiger partial charge is 0.352 e. The maximum absolute atomic E-state index is 12.3. The highest BCUT2D eigenvalue weighted by Gasteiger charge is 2.20. The Labute approximate surface area is 139 Å². The van der Waals surface area contributed by atoms with Crippen LogP contribution in [0.25, 0.3) is 0 Å². The lowest BCUT2D eigenvalue weighted by molar-refractivity contribution is -0.128. The monoisotopic (exact) mass is 327 g/mol. The van der Waals surface area contributed by atoms with Gasteiger partial charge in [0.1, 0.15) is 4.64 Å². The van der Waals surface area contributed by atoms with Crippen molar-refractivity contribution in [3.63, 3.8) is 0 Å². The van der Waals surface area contributed by atoms with Gasteiger partial charge in [-0.2, -0.15) is 0 Å². The highest BCUT2D eigenvalue weighted by molar-refractivity contribution is 7.71. The van der Waals surface area contributed by atoms with Crippen LogP contribution < -0.4 is 5.32 Å². The summed E-state index contributed by atoms with van der Waals surface area (Å²) in [5.74, 6) is -0.0590. The molecule has 23 heavy (non-hydrogen) atoms. The first-order chi connectivity index (χ1) is 11.1. The summed E-state index contributed by atoms with van der Waals surface area (Å²) in [6, 6.07) is 11.0. The number of nitrogens with one attached hydrogen (secondary N) is 2. The van der Waals surface area contributed by atoms with Crippen molar-refractivity contribution >= 4 is 29.7 Å². The minimum atomic E-state index is -0.249. The number of amides is 2. The SMILES string of the molecule is O=C(Nc1cccc(CN2CCCC2=O)c1)c1ccc[nH]c1=S. The molecule has 0 aliphatic carbocycles. The number of hydrogen-bond acceptors (Lipinski definition) is 3. The number of carbonyl (C=O) groups is 2. The van der Waals surface area contributed by atoms with Gasteiger partial charge in [0.15, 0.2) is 0 Å². The van der Waals surface area contributed by atoms with E-state index >= 15 is 0 Å². The first-order valence-corrected chi connectivity index (χ1v) is 7.90. The van der Waals surface area contributed by atoms with Crippen LogP contribution >= 0.6 is 12.2 Å². The molecule has 6 heteroatoms. The van der Waals surface area contributed by atoms with Crippen molar-refractivity contribution in [3.05, 3.63) is 58.4 Å². The van der Waals surface area contributed by atoms with Crippen molar-refractivity contribution in [3.8, 4) is 0 Å². The van der Waals surface area contributed by atoms with Gasteiger partial charge in [-0.15, -0.1) is 0 Å². The number of pyridine rings is 1. The molecule has 118 valence electrons. The van der Waals surface area contributed by atoms with Crippen LogP contribution in [0.15, 0.2) is 42.6 Å². The van der Waals surface area contributed by atoms with Gasteiger partial charge in [0.2, 0.25) is 5.91 Å². The number of hydrogen-bond donors (Lipinski definition) is 2. The number of likely N-dealkylation sites (tertiary alicyclic amines) is 1. The van der Waals surface area contributed by atoms with Gasteiger partial charge < -0.3 is 15.2 Å². The quantitative estimate of drug-likeness (QED) is 0.848. The van der Waals surface area contributed by atoms with Crippen LogP contribution in [0.4, 0.5) is 5.69 Å². The van der Waals surface area contributed by atoms with Crippen LogP contribution in [0.2, 0.25) is 0 Å². The number of aromatic nitrogens is 1. The number of benzene rings is 1. The van der Waals surface area contributed by atoms with E-state index in [9.17, 15) is 9.59 Å². The van der Waals surface area contributed by atoms with E-state index in [0.717, 1.165) is 18.5 Å². The van der Waals surface area contributed by atoms with Crippen molar-refractivity contribution in [1.82, 2.24) is 9.88 Å². The molecule has 1 fully saturated rings. The van der Waals surface area contributed by atoms with Gasteiger partial charge in [0, 0.05) is 31.4 Å². The van der Waals surface area contributed by atoms with Crippen LogP contribution in [0.1, 0.15) is 28.8 Å². The van der Waals surface area contributed by atoms with Crippen molar-refractivity contribution in [1.29, 1.82) is 0 Å². The van der Waals surface area contributed by atoms with E-state index < -0.39 is 0 Å². The Morgan fingerprint density at radius 3 is 2.91 bits per heavy atom. The molecule has 1 aromatic carbocycles. The molecule has 0 bridgehead atoms. The lowest BCUT2D eigenvalue weighted by Gasteiger charge is -2.16. The Kier molecular flexibility index (Phi) is 4.52. The molecule has 2 heterocycles. The van der Waals surface area contributed by atoms with Crippen molar-refractivity contribution in [2.24, 2.45) is 0 Å². The second-order valence-corrected chi connectivity index (χ2v) is 5.89. The number of anilines is 1. The minimum Gasteiger partial charge on any atom is -0.352 e. The molecule has 0 saturated carbocycles. The topological polar surface area (TPSA) is 65.2 Å². The summed E-state index contributed by atoms with van der Waals surface area (Å²) >= 11 is 5.12. The third-order valence-electron chi connectivity index (χ3n) is 3.79. The zero-order chi connectivity index (χ0) is 16.2. The molecule has 5 nitrogen and oxygen atoms in total. The van der Waals surface area contributed by atoms with Crippen LogP contribution in [0.5, 0.6) is 0 Å². The second kappa shape index (κ2) is 6.75. The predicted molar refractivity (Wildman–Crippen MR) is 90.7 cm³/mol. The molecule has 1 aromatic heterocycles. The van der Waals surface area contributed by atoms with E-state index in [4.69, 9.17) is 12.2 Å². The Bertz CT molecular complexity index is 800. The summed E-state index contributed by atoms with van der Waals surface area (Å²) in [5, 5.41) is 2.85. The molecule has 1 aliphatic rings. The van der Waals surface area contributed by atoms with Gasteiger partial charge in [0.05, 0.1) is 5.56 Å². The second-order valence-electron chi connectivity index (χ2n) is 5.49. The summed E-state index contributed by atoms with van der Waals surface area (Å²) in [6.07, 6.45) is 3.23. The highest BCUT2D eigenvalue weighted by atomic mass is 32.1. The Morgan fingerprint density at radius 1 is 1.30 bits per heavy atom. The maximum atomic E-state index is 12.3. The van der Waals surface area contributed by atoms with Gasteiger partial charge >= 0.3 is 0 Å². The molecular weight excluding hydrogens is 310 g/mol. The first kappa shape index (κ1) is 15.4. The highest BCUT2D eigenvalue weighted by Crippen LogP contribution is 2.17. The standard InChI is InChI=1S/C17H17N3O2S/c21-15-7-3-9-20(15)11-12-4-1-5-13(10-12)19-16(22)14-6-2-8-18-17(14)23/h1-2,4-6,8,10H,3,7,9,11H2,(H,18,23)(H,19,22). The lowest BCUT2D eigenvalue weighted by atomic mass is 10.2.